The van der Waals surface area contributed by atoms with E-state index in [1.807, 2.05) is 6.07 Å². The molecule has 96 valence electrons. The third-order valence-corrected chi connectivity index (χ3v) is 3.52. The van der Waals surface area contributed by atoms with Crippen molar-refractivity contribution in [1.82, 2.24) is 4.98 Å². The van der Waals surface area contributed by atoms with Crippen molar-refractivity contribution in [3.63, 3.8) is 0 Å². The molecule has 0 radical (unpaired) electrons. The minimum Gasteiger partial charge on any atom is -0.368 e. The first-order valence-corrected chi connectivity index (χ1v) is 7.26. The molecule has 1 rings (SSSR count). The van der Waals surface area contributed by atoms with Crippen molar-refractivity contribution in [2.24, 2.45) is 5.41 Å². The zero-order chi connectivity index (χ0) is 12.9. The molecule has 0 aromatic carbocycles. The Morgan fingerprint density at radius 2 is 2.18 bits per heavy atom. The highest BCUT2D eigenvalue weighted by molar-refractivity contribution is 9.10. The predicted octanol–water partition coefficient (Wildman–Crippen LogP) is 4.95. The van der Waals surface area contributed by atoms with Gasteiger partial charge in [-0.2, -0.15) is 0 Å². The summed E-state index contributed by atoms with van der Waals surface area (Å²) in [6.07, 6.45) is 3.84. The third-order valence-electron chi connectivity index (χ3n) is 2.53. The number of pyridine rings is 1. The first kappa shape index (κ1) is 15.1. The number of aromatic nitrogens is 1. The van der Waals surface area contributed by atoms with Crippen LogP contribution in [0.2, 0.25) is 5.02 Å². The number of halogens is 3. The Morgan fingerprint density at radius 3 is 2.76 bits per heavy atom. The second-order valence-electron chi connectivity index (χ2n) is 4.79. The Morgan fingerprint density at radius 1 is 1.47 bits per heavy atom. The second kappa shape index (κ2) is 6.81. The predicted molar refractivity (Wildman–Crippen MR) is 79.2 cm³/mol. The van der Waals surface area contributed by atoms with Gasteiger partial charge in [0.1, 0.15) is 5.82 Å². The van der Waals surface area contributed by atoms with Crippen molar-refractivity contribution in [3.05, 3.63) is 21.8 Å². The zero-order valence-corrected chi connectivity index (χ0v) is 13.2. The average Bonchev–Trinajstić information content (AvgIpc) is 2.25. The van der Waals surface area contributed by atoms with Crippen LogP contribution in [0.4, 0.5) is 5.82 Å². The van der Waals surface area contributed by atoms with Crippen LogP contribution in [-0.2, 0) is 0 Å². The van der Waals surface area contributed by atoms with Crippen molar-refractivity contribution < 1.29 is 0 Å². The Balaban J connectivity index is 2.54. The Kier molecular flexibility index (Phi) is 6.04. The minimum atomic E-state index is 0.187. The Bertz CT molecular complexity index is 370. The molecule has 0 amide bonds. The molecule has 1 aromatic rings. The fraction of sp³-hybridized carbons (Fsp3) is 0.583. The minimum absolute atomic E-state index is 0.187. The highest BCUT2D eigenvalue weighted by Crippen LogP contribution is 2.26. The van der Waals surface area contributed by atoms with E-state index in [4.69, 9.17) is 23.2 Å². The van der Waals surface area contributed by atoms with E-state index in [0.717, 1.165) is 29.7 Å². The highest BCUT2D eigenvalue weighted by Gasteiger charge is 2.17. The van der Waals surface area contributed by atoms with Crippen molar-refractivity contribution in [2.75, 3.05) is 17.7 Å². The lowest BCUT2D eigenvalue weighted by atomic mass is 9.88. The molecule has 0 spiro atoms. The van der Waals surface area contributed by atoms with Crippen LogP contribution in [0, 0.1) is 5.41 Å². The topological polar surface area (TPSA) is 24.9 Å². The number of anilines is 1. The lowest BCUT2D eigenvalue weighted by molar-refractivity contribution is 0.355. The molecule has 0 saturated heterocycles. The summed E-state index contributed by atoms with van der Waals surface area (Å²) in [6.45, 7) is 5.25. The van der Waals surface area contributed by atoms with Gasteiger partial charge in [-0.3, -0.25) is 0 Å². The van der Waals surface area contributed by atoms with Crippen molar-refractivity contribution in [3.8, 4) is 0 Å². The number of nitrogens with one attached hydrogen (secondary N) is 1. The van der Waals surface area contributed by atoms with Crippen LogP contribution in [0.1, 0.15) is 26.7 Å². The van der Waals surface area contributed by atoms with Crippen LogP contribution in [0.25, 0.3) is 0 Å². The second-order valence-corrected chi connectivity index (χ2v) is 6.50. The van der Waals surface area contributed by atoms with Crippen molar-refractivity contribution >= 4 is 44.9 Å². The van der Waals surface area contributed by atoms with E-state index >= 15 is 0 Å². The molecule has 0 saturated carbocycles. The Hall–Kier alpha value is 0.01000. The van der Waals surface area contributed by atoms with Gasteiger partial charge in [0, 0.05) is 23.1 Å². The monoisotopic (exact) mass is 338 g/mol. The van der Waals surface area contributed by atoms with Gasteiger partial charge in [0.2, 0.25) is 0 Å². The molecular formula is C12H17BrCl2N2. The molecule has 5 heteroatoms. The highest BCUT2D eigenvalue weighted by atomic mass is 79.9. The number of nitrogens with zero attached hydrogens (tertiary/aromatic N) is 1. The number of hydrogen-bond donors (Lipinski definition) is 1. The number of hydrogen-bond acceptors (Lipinski definition) is 2. The largest absolute Gasteiger partial charge is 0.368 e. The van der Waals surface area contributed by atoms with Gasteiger partial charge in [-0.25, -0.2) is 4.98 Å². The molecule has 2 nitrogen and oxygen atoms in total. The summed E-state index contributed by atoms with van der Waals surface area (Å²) in [5.74, 6) is 1.44. The standard InChI is InChI=1S/C12H17BrCl2N2/c1-12(2,4-3-5-14)8-17-11-10(15)6-9(13)7-16-11/h6-7H,3-5,8H2,1-2H3,(H,16,17). The fourth-order valence-corrected chi connectivity index (χ4v) is 2.33. The molecule has 0 aliphatic rings. The fourth-order valence-electron chi connectivity index (χ4n) is 1.50. The molecule has 0 unspecified atom stereocenters. The summed E-state index contributed by atoms with van der Waals surface area (Å²) < 4.78 is 0.884. The molecule has 0 atom stereocenters. The van der Waals surface area contributed by atoms with E-state index in [9.17, 15) is 0 Å². The third kappa shape index (κ3) is 5.45. The lowest BCUT2D eigenvalue weighted by Crippen LogP contribution is -2.23. The molecule has 1 aromatic heterocycles. The van der Waals surface area contributed by atoms with Crippen molar-refractivity contribution in [2.45, 2.75) is 26.7 Å². The maximum absolute atomic E-state index is 6.09. The van der Waals surface area contributed by atoms with Crippen LogP contribution < -0.4 is 5.32 Å². The van der Waals surface area contributed by atoms with Gasteiger partial charge in [-0.1, -0.05) is 25.4 Å². The maximum atomic E-state index is 6.09. The van der Waals surface area contributed by atoms with Gasteiger partial charge in [-0.05, 0) is 40.3 Å². The van der Waals surface area contributed by atoms with Crippen molar-refractivity contribution in [1.29, 1.82) is 0 Å². The summed E-state index contributed by atoms with van der Waals surface area (Å²) in [6, 6.07) is 1.84. The zero-order valence-electron chi connectivity index (χ0n) is 10.1. The maximum Gasteiger partial charge on any atom is 0.144 e. The first-order valence-electron chi connectivity index (χ1n) is 5.55. The van der Waals surface area contributed by atoms with Gasteiger partial charge >= 0.3 is 0 Å². The van der Waals surface area contributed by atoms with Crippen LogP contribution in [0.15, 0.2) is 16.7 Å². The lowest BCUT2D eigenvalue weighted by Gasteiger charge is -2.25. The molecule has 0 fully saturated rings. The SMILES string of the molecule is CC(C)(CCCCl)CNc1ncc(Br)cc1Cl. The summed E-state index contributed by atoms with van der Waals surface area (Å²) in [5.41, 5.74) is 0.187. The van der Waals surface area contributed by atoms with Gasteiger partial charge in [0.25, 0.3) is 0 Å². The van der Waals surface area contributed by atoms with E-state index < -0.39 is 0 Å². The Labute approximate surface area is 121 Å². The van der Waals surface area contributed by atoms with Crippen LogP contribution in [0.5, 0.6) is 0 Å². The van der Waals surface area contributed by atoms with Gasteiger partial charge in [0.05, 0.1) is 5.02 Å². The normalized spacial score (nSPS) is 11.6. The molecule has 1 N–H and O–H groups in total. The molecule has 1 heterocycles. The summed E-state index contributed by atoms with van der Waals surface area (Å²) in [5, 5.41) is 3.91. The van der Waals surface area contributed by atoms with E-state index in [1.165, 1.54) is 0 Å². The summed E-state index contributed by atoms with van der Waals surface area (Å²) in [7, 11) is 0. The number of rotatable bonds is 6. The van der Waals surface area contributed by atoms with E-state index in [1.54, 1.807) is 6.20 Å². The van der Waals surface area contributed by atoms with Crippen LogP contribution in [-0.4, -0.2) is 17.4 Å². The first-order chi connectivity index (χ1) is 7.94. The molecule has 0 bridgehead atoms. The molecular weight excluding hydrogens is 323 g/mol. The van der Waals surface area contributed by atoms with E-state index in [2.05, 4.69) is 40.1 Å². The van der Waals surface area contributed by atoms with E-state index in [0.29, 0.717) is 10.9 Å². The molecule has 0 aliphatic carbocycles. The molecule has 0 aliphatic heterocycles. The van der Waals surface area contributed by atoms with E-state index in [-0.39, 0.29) is 5.41 Å². The smallest absolute Gasteiger partial charge is 0.144 e. The quantitative estimate of drug-likeness (QED) is 0.741. The molecule has 17 heavy (non-hydrogen) atoms. The van der Waals surface area contributed by atoms with Crippen LogP contribution >= 0.6 is 39.1 Å². The van der Waals surface area contributed by atoms with Crippen LogP contribution in [0.3, 0.4) is 0 Å². The van der Waals surface area contributed by atoms with Gasteiger partial charge in [-0.15, -0.1) is 11.6 Å². The summed E-state index contributed by atoms with van der Waals surface area (Å²) in [4.78, 5) is 4.25. The average molecular weight is 340 g/mol. The number of alkyl halides is 1. The summed E-state index contributed by atoms with van der Waals surface area (Å²) >= 11 is 15.1. The van der Waals surface area contributed by atoms with Gasteiger partial charge < -0.3 is 5.32 Å². The van der Waals surface area contributed by atoms with Gasteiger partial charge in [0.15, 0.2) is 0 Å².